The number of hydrogen-bond acceptors (Lipinski definition) is 5. The van der Waals surface area contributed by atoms with E-state index in [1.165, 1.54) is 6.07 Å². The number of benzene rings is 3. The molecule has 0 bridgehead atoms. The Morgan fingerprint density at radius 3 is 2.49 bits per heavy atom. The van der Waals surface area contributed by atoms with Gasteiger partial charge in [0.1, 0.15) is 18.0 Å². The molecule has 0 aliphatic rings. The highest BCUT2D eigenvalue weighted by Crippen LogP contribution is 2.28. The van der Waals surface area contributed by atoms with E-state index in [0.29, 0.717) is 36.4 Å². The molecule has 2 N–H and O–H groups in total. The largest absolute Gasteiger partial charge is 0.507 e. The Balaban J connectivity index is 1.60. The van der Waals surface area contributed by atoms with E-state index in [2.05, 4.69) is 4.85 Å². The summed E-state index contributed by atoms with van der Waals surface area (Å²) in [4.78, 5) is 29.2. The number of ether oxygens (including phenoxy) is 1. The minimum atomic E-state index is -0.942. The van der Waals surface area contributed by atoms with Crippen molar-refractivity contribution in [3.05, 3.63) is 94.8 Å². The number of aromatic hydroxyl groups is 1. The van der Waals surface area contributed by atoms with Crippen molar-refractivity contribution in [1.29, 1.82) is 0 Å². The van der Waals surface area contributed by atoms with Gasteiger partial charge in [0.25, 0.3) is 0 Å². The summed E-state index contributed by atoms with van der Waals surface area (Å²) in [7, 11) is 0. The van der Waals surface area contributed by atoms with E-state index < -0.39 is 5.97 Å². The highest BCUT2D eigenvalue weighted by atomic mass is 16.5. The standard InChI is InChI=1S/C28H28N2O5/c1-19-11-12-22(29-3)16-25(19)30(18-27(32)33)15-7-8-20(2)35-23-13-14-24(26(31)17-23)28(34)21-9-5-4-6-10-21/h4-6,9-14,16-17,20,31H,7-8,15,18H2,1-2H3,(H,32,33). The normalized spacial score (nSPS) is 11.3. The van der Waals surface area contributed by atoms with E-state index in [4.69, 9.17) is 11.3 Å². The van der Waals surface area contributed by atoms with Crippen LogP contribution in [0.4, 0.5) is 11.4 Å². The Morgan fingerprint density at radius 2 is 1.83 bits per heavy atom. The Bertz CT molecular complexity index is 1230. The summed E-state index contributed by atoms with van der Waals surface area (Å²) in [6.07, 6.45) is 1.10. The average Bonchev–Trinajstić information content (AvgIpc) is 2.84. The fourth-order valence-electron chi connectivity index (χ4n) is 3.84. The lowest BCUT2D eigenvalue weighted by atomic mass is 10.0. The number of phenols is 1. The van der Waals surface area contributed by atoms with Gasteiger partial charge in [-0.05, 0) is 50.5 Å². The summed E-state index contributed by atoms with van der Waals surface area (Å²) in [5.41, 5.74) is 2.80. The van der Waals surface area contributed by atoms with Crippen LogP contribution in [0.5, 0.6) is 11.5 Å². The average molecular weight is 473 g/mol. The molecule has 1 unspecified atom stereocenters. The molecule has 0 aliphatic heterocycles. The van der Waals surface area contributed by atoms with E-state index in [-0.39, 0.29) is 29.7 Å². The van der Waals surface area contributed by atoms with Crippen LogP contribution in [0, 0.1) is 13.5 Å². The fraction of sp³-hybridized carbons (Fsp3) is 0.250. The van der Waals surface area contributed by atoms with Gasteiger partial charge in [0.2, 0.25) is 0 Å². The molecule has 35 heavy (non-hydrogen) atoms. The zero-order valence-corrected chi connectivity index (χ0v) is 19.8. The van der Waals surface area contributed by atoms with Crippen LogP contribution in [0.1, 0.15) is 41.3 Å². The van der Waals surface area contributed by atoms with Crippen LogP contribution in [-0.4, -0.2) is 41.2 Å². The van der Waals surface area contributed by atoms with Gasteiger partial charge in [-0.1, -0.05) is 42.5 Å². The van der Waals surface area contributed by atoms with Crippen LogP contribution in [0.2, 0.25) is 0 Å². The van der Waals surface area contributed by atoms with Crippen LogP contribution in [-0.2, 0) is 4.79 Å². The lowest BCUT2D eigenvalue weighted by Gasteiger charge is -2.26. The topological polar surface area (TPSA) is 91.4 Å². The second kappa shape index (κ2) is 11.7. The van der Waals surface area contributed by atoms with E-state index in [9.17, 15) is 19.8 Å². The molecule has 0 heterocycles. The molecule has 0 spiro atoms. The first-order valence-corrected chi connectivity index (χ1v) is 11.3. The first-order valence-electron chi connectivity index (χ1n) is 11.3. The molecule has 3 rings (SSSR count). The predicted octanol–water partition coefficient (Wildman–Crippen LogP) is 5.62. The SMILES string of the molecule is [C-]#[N+]c1ccc(C)c(N(CCCC(C)Oc2ccc(C(=O)c3ccccc3)c(O)c2)CC(=O)O)c1. The lowest BCUT2D eigenvalue weighted by molar-refractivity contribution is -0.135. The Kier molecular flexibility index (Phi) is 8.47. The second-order valence-corrected chi connectivity index (χ2v) is 8.34. The molecule has 0 amide bonds. The summed E-state index contributed by atoms with van der Waals surface area (Å²) in [5.74, 6) is -0.907. The molecular weight excluding hydrogens is 444 g/mol. The van der Waals surface area contributed by atoms with Crippen molar-refractivity contribution >= 4 is 23.1 Å². The van der Waals surface area contributed by atoms with Gasteiger partial charge in [0.05, 0.1) is 18.2 Å². The zero-order chi connectivity index (χ0) is 25.4. The van der Waals surface area contributed by atoms with Gasteiger partial charge in [-0.2, -0.15) is 0 Å². The molecule has 0 aliphatic carbocycles. The molecule has 7 heteroatoms. The number of carbonyl (C=O) groups is 2. The molecule has 180 valence electrons. The maximum absolute atomic E-state index is 12.6. The van der Waals surface area contributed by atoms with Crippen LogP contribution >= 0.6 is 0 Å². The minimum absolute atomic E-state index is 0.147. The number of nitrogens with zero attached hydrogens (tertiary/aromatic N) is 2. The smallest absolute Gasteiger partial charge is 0.323 e. The molecule has 3 aromatic carbocycles. The molecule has 0 saturated carbocycles. The van der Waals surface area contributed by atoms with Crippen molar-refractivity contribution in [2.24, 2.45) is 0 Å². The van der Waals surface area contributed by atoms with Gasteiger partial charge in [-0.25, -0.2) is 4.85 Å². The van der Waals surface area contributed by atoms with Crippen LogP contribution in [0.25, 0.3) is 4.85 Å². The Morgan fingerprint density at radius 1 is 1.09 bits per heavy atom. The minimum Gasteiger partial charge on any atom is -0.507 e. The van der Waals surface area contributed by atoms with Crippen molar-refractivity contribution in [3.63, 3.8) is 0 Å². The van der Waals surface area contributed by atoms with Gasteiger partial charge in [0, 0.05) is 23.9 Å². The van der Waals surface area contributed by atoms with Gasteiger partial charge in [-0.3, -0.25) is 9.59 Å². The first-order chi connectivity index (χ1) is 16.8. The number of aryl methyl sites for hydroxylation is 1. The van der Waals surface area contributed by atoms with Crippen LogP contribution < -0.4 is 9.64 Å². The number of phenolic OH excluding ortho intramolecular Hbond substituents is 1. The quantitative estimate of drug-likeness (QED) is 0.278. The first kappa shape index (κ1) is 25.3. The van der Waals surface area contributed by atoms with Crippen molar-refractivity contribution < 1.29 is 24.5 Å². The molecule has 0 fully saturated rings. The number of carboxylic acids is 1. The van der Waals surface area contributed by atoms with Crippen molar-refractivity contribution in [3.8, 4) is 11.5 Å². The molecule has 1 atom stereocenters. The Labute approximate surface area is 205 Å². The van der Waals surface area contributed by atoms with Gasteiger partial charge in [-0.15, -0.1) is 0 Å². The molecular formula is C28H28N2O5. The summed E-state index contributed by atoms with van der Waals surface area (Å²) < 4.78 is 5.92. The van der Waals surface area contributed by atoms with Crippen molar-refractivity contribution in [1.82, 2.24) is 0 Å². The van der Waals surface area contributed by atoms with Gasteiger partial charge >= 0.3 is 5.97 Å². The monoisotopic (exact) mass is 472 g/mol. The van der Waals surface area contributed by atoms with Crippen molar-refractivity contribution in [2.45, 2.75) is 32.8 Å². The van der Waals surface area contributed by atoms with E-state index in [0.717, 1.165) is 11.3 Å². The molecule has 7 nitrogen and oxygen atoms in total. The highest BCUT2D eigenvalue weighted by Gasteiger charge is 2.17. The number of ketones is 1. The number of aliphatic carboxylic acids is 1. The third-order valence-corrected chi connectivity index (χ3v) is 5.61. The van der Waals surface area contributed by atoms with Crippen molar-refractivity contribution in [2.75, 3.05) is 18.0 Å². The fourth-order valence-corrected chi connectivity index (χ4v) is 3.84. The molecule has 0 aromatic heterocycles. The number of carbonyl (C=O) groups excluding carboxylic acids is 1. The third-order valence-electron chi connectivity index (χ3n) is 5.61. The summed E-state index contributed by atoms with van der Waals surface area (Å²) in [6, 6.07) is 18.6. The maximum Gasteiger partial charge on any atom is 0.323 e. The zero-order valence-electron chi connectivity index (χ0n) is 19.8. The Hall–Kier alpha value is -4.31. The van der Waals surface area contributed by atoms with Gasteiger partial charge < -0.3 is 19.8 Å². The summed E-state index contributed by atoms with van der Waals surface area (Å²) >= 11 is 0. The number of hydrogen-bond donors (Lipinski definition) is 2. The molecule has 3 aromatic rings. The number of anilines is 1. The number of carboxylic acid groups (broad SMARTS) is 1. The highest BCUT2D eigenvalue weighted by molar-refractivity contribution is 6.10. The second-order valence-electron chi connectivity index (χ2n) is 8.34. The number of rotatable bonds is 11. The van der Waals surface area contributed by atoms with E-state index in [1.54, 1.807) is 53.4 Å². The third kappa shape index (κ3) is 6.84. The summed E-state index contributed by atoms with van der Waals surface area (Å²) in [5, 5.41) is 19.7. The van der Waals surface area contributed by atoms with Crippen LogP contribution in [0.3, 0.4) is 0 Å². The molecule has 0 radical (unpaired) electrons. The van der Waals surface area contributed by atoms with E-state index >= 15 is 0 Å². The predicted molar refractivity (Wildman–Crippen MR) is 135 cm³/mol. The van der Waals surface area contributed by atoms with Crippen LogP contribution in [0.15, 0.2) is 66.7 Å². The lowest BCUT2D eigenvalue weighted by Crippen LogP contribution is -2.31. The van der Waals surface area contributed by atoms with E-state index in [1.807, 2.05) is 26.0 Å². The maximum atomic E-state index is 12.6. The van der Waals surface area contributed by atoms with Gasteiger partial charge in [0.15, 0.2) is 11.5 Å². The summed E-state index contributed by atoms with van der Waals surface area (Å²) in [6.45, 7) is 11.3. The molecule has 0 saturated heterocycles.